The normalized spacial score (nSPS) is 19.9. The molecule has 1 aromatic carbocycles. The van der Waals surface area contributed by atoms with E-state index in [0.717, 1.165) is 11.5 Å². The summed E-state index contributed by atoms with van der Waals surface area (Å²) in [5.41, 5.74) is 0.645. The van der Waals surface area contributed by atoms with Gasteiger partial charge in [-0.1, -0.05) is 25.1 Å². The van der Waals surface area contributed by atoms with E-state index in [9.17, 15) is 9.90 Å². The Morgan fingerprint density at radius 3 is 2.73 bits per heavy atom. The molecule has 0 radical (unpaired) electrons. The van der Waals surface area contributed by atoms with Crippen molar-refractivity contribution < 1.29 is 14.3 Å². The molecule has 2 atom stereocenters. The molecular weight excluding hydrogens is 278 g/mol. The third-order valence-electron chi connectivity index (χ3n) is 4.31. The fourth-order valence-corrected chi connectivity index (χ4v) is 2.68. The second-order valence-electron chi connectivity index (χ2n) is 6.18. The predicted octanol–water partition coefficient (Wildman–Crippen LogP) is 3.31. The van der Waals surface area contributed by atoms with Crippen molar-refractivity contribution in [2.45, 2.75) is 32.2 Å². The summed E-state index contributed by atoms with van der Waals surface area (Å²) < 4.78 is 5.83. The van der Waals surface area contributed by atoms with Gasteiger partial charge in [-0.25, -0.2) is 0 Å². The smallest absolute Gasteiger partial charge is 0.227 e. The Hall–Kier alpha value is -2.23. The number of hydrogen-bond acceptors (Lipinski definition) is 3. The van der Waals surface area contributed by atoms with Crippen molar-refractivity contribution in [2.24, 2.45) is 5.92 Å². The number of nitrogens with zero attached hydrogens (tertiary/aromatic N) is 1. The molecule has 0 saturated heterocycles. The number of carbonyl (C=O) groups excluding carboxylic acids is 1. The van der Waals surface area contributed by atoms with Gasteiger partial charge in [-0.2, -0.15) is 0 Å². The molecule has 116 valence electrons. The van der Waals surface area contributed by atoms with Gasteiger partial charge in [0.15, 0.2) is 0 Å². The average molecular weight is 299 g/mol. The number of rotatable bonds is 5. The van der Waals surface area contributed by atoms with Gasteiger partial charge < -0.3 is 14.4 Å². The second kappa shape index (κ2) is 5.87. The van der Waals surface area contributed by atoms with Crippen molar-refractivity contribution in [1.82, 2.24) is 4.90 Å². The topological polar surface area (TPSA) is 53.7 Å². The van der Waals surface area contributed by atoms with Crippen LogP contribution in [0.1, 0.15) is 36.3 Å². The fraction of sp³-hybridized carbons (Fsp3) is 0.389. The van der Waals surface area contributed by atoms with Crippen molar-refractivity contribution in [3.8, 4) is 5.75 Å². The van der Waals surface area contributed by atoms with E-state index in [1.165, 1.54) is 6.42 Å². The minimum absolute atomic E-state index is 0.0424. The lowest BCUT2D eigenvalue weighted by atomic mass is 10.1. The Labute approximate surface area is 130 Å². The van der Waals surface area contributed by atoms with Crippen LogP contribution in [0.25, 0.3) is 0 Å². The summed E-state index contributed by atoms with van der Waals surface area (Å²) >= 11 is 0. The summed E-state index contributed by atoms with van der Waals surface area (Å²) in [6.07, 6.45) is 1.38. The average Bonchev–Trinajstić information content (AvgIpc) is 3.04. The van der Waals surface area contributed by atoms with Crippen LogP contribution >= 0.6 is 0 Å². The van der Waals surface area contributed by atoms with E-state index < -0.39 is 0 Å². The minimum atomic E-state index is -0.0424. The second-order valence-corrected chi connectivity index (χ2v) is 6.18. The Morgan fingerprint density at radius 2 is 2.05 bits per heavy atom. The number of furan rings is 1. The highest BCUT2D eigenvalue weighted by molar-refractivity contribution is 5.79. The zero-order chi connectivity index (χ0) is 15.7. The summed E-state index contributed by atoms with van der Waals surface area (Å²) in [7, 11) is 1.75. The molecule has 1 saturated carbocycles. The Morgan fingerprint density at radius 1 is 1.32 bits per heavy atom. The number of phenols is 1. The van der Waals surface area contributed by atoms with Crippen molar-refractivity contribution in [3.05, 3.63) is 53.5 Å². The molecule has 1 heterocycles. The number of para-hydroxylation sites is 1. The number of hydrogen-bond donors (Lipinski definition) is 1. The standard InChI is InChI=1S/C18H21NO3/c1-12-9-15(12)17-8-7-14(22-17)11-19(2)18(21)10-13-5-3-4-6-16(13)20/h3-8,12,15,20H,9-11H2,1-2H3/t12-,15+/m1/s1. The van der Waals surface area contributed by atoms with E-state index in [1.807, 2.05) is 18.2 Å². The molecule has 0 unspecified atom stereocenters. The third kappa shape index (κ3) is 3.16. The van der Waals surface area contributed by atoms with Gasteiger partial charge in [0.05, 0.1) is 13.0 Å². The van der Waals surface area contributed by atoms with Gasteiger partial charge in [0.25, 0.3) is 0 Å². The van der Waals surface area contributed by atoms with Crippen LogP contribution in [-0.2, 0) is 17.8 Å². The quantitative estimate of drug-likeness (QED) is 0.921. The summed E-state index contributed by atoms with van der Waals surface area (Å²) in [5.74, 6) is 3.22. The lowest BCUT2D eigenvalue weighted by Crippen LogP contribution is -2.27. The maximum Gasteiger partial charge on any atom is 0.227 e. The van der Waals surface area contributed by atoms with Gasteiger partial charge >= 0.3 is 0 Å². The van der Waals surface area contributed by atoms with E-state index >= 15 is 0 Å². The first-order valence-corrected chi connectivity index (χ1v) is 7.64. The maximum atomic E-state index is 12.2. The zero-order valence-electron chi connectivity index (χ0n) is 13.0. The number of carbonyl (C=O) groups is 1. The van der Waals surface area contributed by atoms with Crippen molar-refractivity contribution in [1.29, 1.82) is 0 Å². The number of benzene rings is 1. The summed E-state index contributed by atoms with van der Waals surface area (Å²) in [6, 6.07) is 10.9. The largest absolute Gasteiger partial charge is 0.508 e. The molecule has 22 heavy (non-hydrogen) atoms. The Balaban J connectivity index is 1.59. The number of amides is 1. The molecule has 1 aliphatic carbocycles. The summed E-state index contributed by atoms with van der Waals surface area (Å²) in [4.78, 5) is 13.9. The molecule has 2 aromatic rings. The number of phenolic OH excluding ortho intramolecular Hbond substituents is 1. The highest BCUT2D eigenvalue weighted by Gasteiger charge is 2.36. The molecular formula is C18H21NO3. The minimum Gasteiger partial charge on any atom is -0.508 e. The first kappa shape index (κ1) is 14.7. The van der Waals surface area contributed by atoms with Crippen molar-refractivity contribution in [3.63, 3.8) is 0 Å². The molecule has 1 N–H and O–H groups in total. The number of likely N-dealkylation sites (N-methyl/N-ethyl adjacent to an activating group) is 1. The highest BCUT2D eigenvalue weighted by atomic mass is 16.3. The van der Waals surface area contributed by atoms with Gasteiger partial charge in [-0.15, -0.1) is 0 Å². The monoisotopic (exact) mass is 299 g/mol. The van der Waals surface area contributed by atoms with Gasteiger partial charge in [0.1, 0.15) is 17.3 Å². The van der Waals surface area contributed by atoms with Crippen molar-refractivity contribution >= 4 is 5.91 Å². The van der Waals surface area contributed by atoms with E-state index in [-0.39, 0.29) is 18.1 Å². The van der Waals surface area contributed by atoms with E-state index in [2.05, 4.69) is 6.92 Å². The van der Waals surface area contributed by atoms with Crippen LogP contribution in [0.2, 0.25) is 0 Å². The highest BCUT2D eigenvalue weighted by Crippen LogP contribution is 2.47. The molecule has 4 nitrogen and oxygen atoms in total. The van der Waals surface area contributed by atoms with Crippen LogP contribution < -0.4 is 0 Å². The van der Waals surface area contributed by atoms with E-state index in [0.29, 0.717) is 23.9 Å². The predicted molar refractivity (Wildman–Crippen MR) is 83.5 cm³/mol. The van der Waals surface area contributed by atoms with Gasteiger partial charge in [0, 0.05) is 18.5 Å². The first-order chi connectivity index (χ1) is 10.5. The zero-order valence-corrected chi connectivity index (χ0v) is 13.0. The fourth-order valence-electron chi connectivity index (χ4n) is 2.68. The van der Waals surface area contributed by atoms with Gasteiger partial charge in [0.2, 0.25) is 5.91 Å². The van der Waals surface area contributed by atoms with Crippen LogP contribution in [0, 0.1) is 5.92 Å². The maximum absolute atomic E-state index is 12.2. The van der Waals surface area contributed by atoms with Crippen molar-refractivity contribution in [2.75, 3.05) is 7.05 Å². The van der Waals surface area contributed by atoms with Gasteiger partial charge in [-0.3, -0.25) is 4.79 Å². The lowest BCUT2D eigenvalue weighted by Gasteiger charge is -2.16. The Bertz CT molecular complexity index is 676. The molecule has 0 aliphatic heterocycles. The first-order valence-electron chi connectivity index (χ1n) is 7.64. The lowest BCUT2D eigenvalue weighted by molar-refractivity contribution is -0.129. The molecule has 0 bridgehead atoms. The summed E-state index contributed by atoms with van der Waals surface area (Å²) in [5, 5.41) is 9.74. The molecule has 0 spiro atoms. The van der Waals surface area contributed by atoms with Crippen LogP contribution in [0.15, 0.2) is 40.8 Å². The molecule has 1 aromatic heterocycles. The third-order valence-corrected chi connectivity index (χ3v) is 4.31. The number of aromatic hydroxyl groups is 1. The van der Waals surface area contributed by atoms with Crippen LogP contribution in [0.5, 0.6) is 5.75 Å². The van der Waals surface area contributed by atoms with Crippen LogP contribution in [-0.4, -0.2) is 23.0 Å². The SMILES string of the molecule is C[C@@H]1C[C@@H]1c1ccc(CN(C)C(=O)Cc2ccccc2O)o1. The molecule has 1 amide bonds. The Kier molecular flexibility index (Phi) is 3.92. The molecule has 1 fully saturated rings. The van der Waals surface area contributed by atoms with Crippen LogP contribution in [0.3, 0.4) is 0 Å². The van der Waals surface area contributed by atoms with Crippen LogP contribution in [0.4, 0.5) is 0 Å². The molecule has 3 rings (SSSR count). The molecule has 1 aliphatic rings. The van der Waals surface area contributed by atoms with Gasteiger partial charge in [-0.05, 0) is 30.5 Å². The molecule has 4 heteroatoms. The van der Waals surface area contributed by atoms with E-state index in [4.69, 9.17) is 4.42 Å². The van der Waals surface area contributed by atoms with E-state index in [1.54, 1.807) is 30.1 Å². The summed E-state index contributed by atoms with van der Waals surface area (Å²) in [6.45, 7) is 2.67.